The van der Waals surface area contributed by atoms with E-state index >= 15 is 0 Å². The normalized spacial score (nSPS) is 24.0. The molecule has 57 heavy (non-hydrogen) atoms. The Morgan fingerprint density at radius 1 is 0.596 bits per heavy atom. The minimum absolute atomic E-state index is 0.231. The van der Waals surface area contributed by atoms with Crippen LogP contribution in [0.5, 0.6) is 0 Å². The average molecular weight is 838 g/mol. The molecule has 1 rings (SSSR count). The van der Waals surface area contributed by atoms with E-state index in [0.29, 0.717) is 12.8 Å². The largest absolute Gasteiger partial charge is 0.472 e. The molecule has 14 heteroatoms. The fraction of sp³-hybridized carbons (Fsp3) is 0.930. The van der Waals surface area contributed by atoms with Crippen LogP contribution in [0.1, 0.15) is 194 Å². The van der Waals surface area contributed by atoms with Crippen molar-refractivity contribution in [2.75, 3.05) is 6.61 Å². The standard InChI is InChI=1S/C43H84NO12P/c1-3-5-7-9-11-13-14-15-16-17-18-19-20-21-23-25-27-29-31-36(46)35(44-37(47)32-34(45)30-28-26-24-22-12-10-8-6-4-2)33-55-57(53,54)56-43-41(51)39(49)38(48)40(50)42(43)52/h10,12,34-36,38-43,45-46,48-52H,3-9,11,13-33H2,1-2H3,(H,44,47)(H,53,54)/b12-10-. The smallest absolute Gasteiger partial charge is 0.393 e. The fourth-order valence-corrected chi connectivity index (χ4v) is 8.31. The van der Waals surface area contributed by atoms with E-state index in [1.54, 1.807) is 0 Å². The summed E-state index contributed by atoms with van der Waals surface area (Å²) >= 11 is 0. The first-order valence-corrected chi connectivity index (χ1v) is 24.2. The van der Waals surface area contributed by atoms with E-state index in [0.717, 1.165) is 57.8 Å². The van der Waals surface area contributed by atoms with Gasteiger partial charge in [0.15, 0.2) is 0 Å². The molecule has 0 spiro atoms. The zero-order valence-electron chi connectivity index (χ0n) is 35.5. The molecular formula is C43H84NO12P. The molecule has 338 valence electrons. The van der Waals surface area contributed by atoms with Crippen molar-refractivity contribution in [3.63, 3.8) is 0 Å². The molecule has 1 amide bonds. The van der Waals surface area contributed by atoms with Gasteiger partial charge in [-0.3, -0.25) is 13.8 Å². The Hall–Kier alpha value is -0.960. The molecule has 13 nitrogen and oxygen atoms in total. The van der Waals surface area contributed by atoms with E-state index in [1.807, 2.05) is 0 Å². The van der Waals surface area contributed by atoms with Crippen LogP contribution < -0.4 is 5.32 Å². The van der Waals surface area contributed by atoms with Crippen LogP contribution in [0, 0.1) is 0 Å². The van der Waals surface area contributed by atoms with Crippen LogP contribution in [0.2, 0.25) is 0 Å². The van der Waals surface area contributed by atoms with Crippen molar-refractivity contribution < 1.29 is 59.0 Å². The van der Waals surface area contributed by atoms with Crippen molar-refractivity contribution in [2.24, 2.45) is 0 Å². The molecule has 0 bridgehead atoms. The van der Waals surface area contributed by atoms with Crippen LogP contribution in [0.4, 0.5) is 0 Å². The SMILES string of the molecule is CCCC/C=C\CCCCCC(O)CC(=O)NC(COP(=O)(O)OC1C(O)C(O)C(O)C(O)C1O)C(O)CCCCCCCCCCCCCCCCCCCC. The van der Waals surface area contributed by atoms with E-state index < -0.39 is 75.2 Å². The summed E-state index contributed by atoms with van der Waals surface area (Å²) in [5, 5.41) is 74.4. The zero-order chi connectivity index (χ0) is 42.3. The lowest BCUT2D eigenvalue weighted by molar-refractivity contribution is -0.220. The Kier molecular flexibility index (Phi) is 32.0. The van der Waals surface area contributed by atoms with Gasteiger partial charge in [0.1, 0.15) is 36.6 Å². The second kappa shape index (κ2) is 33.7. The lowest BCUT2D eigenvalue weighted by Gasteiger charge is -2.41. The average Bonchev–Trinajstić information content (AvgIpc) is 3.18. The topological polar surface area (TPSA) is 226 Å². The molecular weight excluding hydrogens is 753 g/mol. The van der Waals surface area contributed by atoms with Crippen molar-refractivity contribution in [3.05, 3.63) is 12.2 Å². The predicted molar refractivity (Wildman–Crippen MR) is 224 cm³/mol. The van der Waals surface area contributed by atoms with E-state index in [-0.39, 0.29) is 12.8 Å². The highest BCUT2D eigenvalue weighted by atomic mass is 31.2. The van der Waals surface area contributed by atoms with E-state index in [1.165, 1.54) is 96.3 Å². The van der Waals surface area contributed by atoms with Crippen LogP contribution in [-0.4, -0.2) is 108 Å². The van der Waals surface area contributed by atoms with Crippen LogP contribution in [0.3, 0.4) is 0 Å². The van der Waals surface area contributed by atoms with Crippen LogP contribution >= 0.6 is 7.82 Å². The number of unbranched alkanes of at least 4 members (excludes halogenated alkanes) is 22. The van der Waals surface area contributed by atoms with Gasteiger partial charge in [-0.1, -0.05) is 167 Å². The molecule has 0 aromatic heterocycles. The molecule has 1 fully saturated rings. The Bertz CT molecular complexity index is 1040. The minimum Gasteiger partial charge on any atom is -0.393 e. The Labute approximate surface area is 344 Å². The Morgan fingerprint density at radius 2 is 1.00 bits per heavy atom. The van der Waals surface area contributed by atoms with E-state index in [2.05, 4.69) is 31.3 Å². The monoisotopic (exact) mass is 838 g/mol. The second-order valence-corrected chi connectivity index (χ2v) is 17.8. The number of aliphatic hydroxyl groups is 7. The number of phosphoric ester groups is 1. The van der Waals surface area contributed by atoms with Gasteiger partial charge in [-0.15, -0.1) is 0 Å². The molecule has 0 heterocycles. The first-order chi connectivity index (χ1) is 27.3. The number of rotatable bonds is 37. The second-order valence-electron chi connectivity index (χ2n) is 16.4. The van der Waals surface area contributed by atoms with E-state index in [9.17, 15) is 50.0 Å². The maximum Gasteiger partial charge on any atom is 0.472 e. The lowest BCUT2D eigenvalue weighted by atomic mass is 9.85. The molecule has 1 aliphatic rings. The van der Waals surface area contributed by atoms with Crippen molar-refractivity contribution in [2.45, 2.75) is 249 Å². The fourth-order valence-electron chi connectivity index (χ4n) is 7.34. The predicted octanol–water partition coefficient (Wildman–Crippen LogP) is 7.03. The van der Waals surface area contributed by atoms with Crippen molar-refractivity contribution in [1.82, 2.24) is 5.32 Å². The number of hydrogen-bond acceptors (Lipinski definition) is 11. The van der Waals surface area contributed by atoms with Gasteiger partial charge < -0.3 is 46.0 Å². The van der Waals surface area contributed by atoms with Gasteiger partial charge in [0.2, 0.25) is 5.91 Å². The van der Waals surface area contributed by atoms with Crippen LogP contribution in [0.15, 0.2) is 12.2 Å². The zero-order valence-corrected chi connectivity index (χ0v) is 36.4. The van der Waals surface area contributed by atoms with Crippen LogP contribution in [0.25, 0.3) is 0 Å². The van der Waals surface area contributed by atoms with Gasteiger partial charge >= 0.3 is 7.82 Å². The molecule has 8 unspecified atom stereocenters. The number of carbonyl (C=O) groups excluding carboxylic acids is 1. The van der Waals surface area contributed by atoms with Gasteiger partial charge in [-0.05, 0) is 32.1 Å². The van der Waals surface area contributed by atoms with Gasteiger partial charge in [0, 0.05) is 0 Å². The summed E-state index contributed by atoms with van der Waals surface area (Å²) in [5.74, 6) is -0.571. The summed E-state index contributed by atoms with van der Waals surface area (Å²) in [6.45, 7) is 3.73. The Balaban J connectivity index is 2.52. The third-order valence-corrected chi connectivity index (χ3v) is 12.1. The molecule has 8 atom stereocenters. The van der Waals surface area contributed by atoms with Crippen LogP contribution in [-0.2, 0) is 18.4 Å². The summed E-state index contributed by atoms with van der Waals surface area (Å²) in [6, 6.07) is -1.15. The van der Waals surface area contributed by atoms with Crippen molar-refractivity contribution in [1.29, 1.82) is 0 Å². The molecule has 0 radical (unpaired) electrons. The summed E-state index contributed by atoms with van der Waals surface area (Å²) in [6.07, 6.45) is 19.9. The highest BCUT2D eigenvalue weighted by Crippen LogP contribution is 2.47. The first-order valence-electron chi connectivity index (χ1n) is 22.7. The highest BCUT2D eigenvalue weighted by Gasteiger charge is 2.51. The Morgan fingerprint density at radius 3 is 1.49 bits per heavy atom. The summed E-state index contributed by atoms with van der Waals surface area (Å²) in [4.78, 5) is 23.4. The molecule has 0 saturated heterocycles. The van der Waals surface area contributed by atoms with Gasteiger partial charge in [-0.2, -0.15) is 0 Å². The lowest BCUT2D eigenvalue weighted by Crippen LogP contribution is -2.64. The van der Waals surface area contributed by atoms with Crippen molar-refractivity contribution in [3.8, 4) is 0 Å². The highest BCUT2D eigenvalue weighted by molar-refractivity contribution is 7.47. The summed E-state index contributed by atoms with van der Waals surface area (Å²) in [7, 11) is -5.11. The number of carbonyl (C=O) groups is 1. The number of amides is 1. The number of nitrogens with one attached hydrogen (secondary N) is 1. The molecule has 0 aliphatic heterocycles. The molecule has 9 N–H and O–H groups in total. The number of hydrogen-bond donors (Lipinski definition) is 9. The third-order valence-electron chi connectivity index (χ3n) is 11.1. The number of phosphoric acid groups is 1. The summed E-state index contributed by atoms with van der Waals surface area (Å²) in [5.41, 5.74) is 0. The minimum atomic E-state index is -5.11. The quantitative estimate of drug-likeness (QED) is 0.0175. The molecule has 1 saturated carbocycles. The molecule has 1 aliphatic carbocycles. The van der Waals surface area contributed by atoms with Gasteiger partial charge in [0.25, 0.3) is 0 Å². The summed E-state index contributed by atoms with van der Waals surface area (Å²) < 4.78 is 22.9. The number of aliphatic hydroxyl groups excluding tert-OH is 7. The van der Waals surface area contributed by atoms with Gasteiger partial charge in [0.05, 0.1) is 31.3 Å². The van der Waals surface area contributed by atoms with Crippen molar-refractivity contribution >= 4 is 13.7 Å². The maximum absolute atomic E-state index is 12.9. The molecule has 0 aromatic carbocycles. The third kappa shape index (κ3) is 26.1. The molecule has 0 aromatic rings. The maximum atomic E-state index is 12.9. The first kappa shape index (κ1) is 54.1. The van der Waals surface area contributed by atoms with Gasteiger partial charge in [-0.25, -0.2) is 4.57 Å². The number of allylic oxidation sites excluding steroid dienone is 2. The van der Waals surface area contributed by atoms with E-state index in [4.69, 9.17) is 9.05 Å².